The molecule has 0 radical (unpaired) electrons. The molecule has 0 aromatic heterocycles. The van der Waals surface area contributed by atoms with E-state index in [9.17, 15) is 14.3 Å². The second-order valence-electron chi connectivity index (χ2n) is 5.56. The number of benzene rings is 2. The zero-order valence-electron chi connectivity index (χ0n) is 13.4. The smallest absolute Gasteiger partial charge is 0.298 e. The first kappa shape index (κ1) is 16.7. The second-order valence-corrected chi connectivity index (χ2v) is 7.63. The third kappa shape index (κ3) is 2.79. The molecule has 0 bridgehead atoms. The van der Waals surface area contributed by atoms with E-state index in [0.717, 1.165) is 28.7 Å². The van der Waals surface area contributed by atoms with E-state index in [0.29, 0.717) is 5.56 Å². The van der Waals surface area contributed by atoms with E-state index in [1.54, 1.807) is 18.2 Å². The Hall–Kier alpha value is -1.70. The van der Waals surface area contributed by atoms with Gasteiger partial charge in [-0.25, -0.2) is 0 Å². The van der Waals surface area contributed by atoms with Crippen LogP contribution in [-0.4, -0.2) is 10.4 Å². The molecule has 1 atom stereocenters. The lowest BCUT2D eigenvalue weighted by Crippen LogP contribution is -2.15. The van der Waals surface area contributed by atoms with Crippen LogP contribution in [0.5, 0.6) is 0 Å². The number of carbonyl (C=O) groups is 1. The highest BCUT2D eigenvalue weighted by molar-refractivity contribution is 7.82. The molecule has 0 amide bonds. The Labute approximate surface area is 131 Å². The number of carbonyl (C=O) groups excluding carboxylic acids is 1. The highest BCUT2D eigenvalue weighted by Gasteiger charge is 2.34. The van der Waals surface area contributed by atoms with Gasteiger partial charge in [-0.2, -0.15) is 0 Å². The summed E-state index contributed by atoms with van der Waals surface area (Å²) in [7, 11) is -4.10. The van der Waals surface area contributed by atoms with Gasteiger partial charge in [0, 0.05) is 10.9 Å². The molecule has 0 saturated carbocycles. The van der Waals surface area contributed by atoms with Crippen LogP contribution in [0.2, 0.25) is 0 Å². The number of rotatable bonds is 4. The van der Waals surface area contributed by atoms with Crippen molar-refractivity contribution in [2.45, 2.75) is 34.1 Å². The lowest BCUT2D eigenvalue weighted by Gasteiger charge is -2.18. The van der Waals surface area contributed by atoms with Gasteiger partial charge >= 0.3 is 0 Å². The molecule has 116 valence electrons. The minimum absolute atomic E-state index is 0.178. The van der Waals surface area contributed by atoms with Crippen molar-refractivity contribution in [2.24, 2.45) is 0 Å². The number of aryl methyl sites for hydroxylation is 2. The predicted molar refractivity (Wildman–Crippen MR) is 90.3 cm³/mol. The molecule has 0 aliphatic rings. The Morgan fingerprint density at radius 3 is 2.23 bits per heavy atom. The minimum atomic E-state index is -4.10. The summed E-state index contributed by atoms with van der Waals surface area (Å²) in [5.74, 6) is 0. The third-order valence-corrected chi connectivity index (χ3v) is 5.85. The SMILES string of the molecule is CCc1c(C)cc(C)c(C(=O)P(=O)(O)c2ccccc2)c1C. The molecule has 1 N–H and O–H groups in total. The van der Waals surface area contributed by atoms with E-state index >= 15 is 0 Å². The topological polar surface area (TPSA) is 54.4 Å². The molecule has 1 unspecified atom stereocenters. The summed E-state index contributed by atoms with van der Waals surface area (Å²) >= 11 is 0. The number of hydrogen-bond donors (Lipinski definition) is 1. The van der Waals surface area contributed by atoms with Crippen LogP contribution in [0.3, 0.4) is 0 Å². The molecule has 0 heterocycles. The van der Waals surface area contributed by atoms with Crippen LogP contribution in [0.1, 0.15) is 39.5 Å². The normalized spacial score (nSPS) is 13.7. The fourth-order valence-corrected chi connectivity index (χ4v) is 4.46. The van der Waals surface area contributed by atoms with Gasteiger partial charge in [-0.05, 0) is 61.6 Å². The maximum absolute atomic E-state index is 12.8. The Bertz CT molecular complexity index is 764. The molecule has 2 aromatic rings. The van der Waals surface area contributed by atoms with Crippen LogP contribution < -0.4 is 5.30 Å². The molecule has 0 saturated heterocycles. The summed E-state index contributed by atoms with van der Waals surface area (Å²) in [5, 5.41) is 0.178. The largest absolute Gasteiger partial charge is 0.336 e. The Kier molecular flexibility index (Phi) is 4.69. The Morgan fingerprint density at radius 1 is 1.09 bits per heavy atom. The van der Waals surface area contributed by atoms with Gasteiger partial charge in [0.05, 0.1) is 0 Å². The van der Waals surface area contributed by atoms with Crippen molar-refractivity contribution >= 4 is 18.2 Å². The predicted octanol–water partition coefficient (Wildman–Crippen LogP) is 3.91. The molecular formula is C18H21O3P. The van der Waals surface area contributed by atoms with Gasteiger partial charge < -0.3 is 4.89 Å². The van der Waals surface area contributed by atoms with Crippen molar-refractivity contribution in [3.8, 4) is 0 Å². The maximum Gasteiger partial charge on any atom is 0.298 e. The average molecular weight is 316 g/mol. The van der Waals surface area contributed by atoms with Gasteiger partial charge in [0.25, 0.3) is 12.9 Å². The quantitative estimate of drug-likeness (QED) is 0.870. The monoisotopic (exact) mass is 316 g/mol. The van der Waals surface area contributed by atoms with Crippen molar-refractivity contribution in [1.29, 1.82) is 0 Å². The summed E-state index contributed by atoms with van der Waals surface area (Å²) in [4.78, 5) is 23.2. The Balaban J connectivity index is 2.62. The average Bonchev–Trinajstić information content (AvgIpc) is 2.48. The molecule has 22 heavy (non-hydrogen) atoms. The van der Waals surface area contributed by atoms with Crippen LogP contribution in [0.4, 0.5) is 0 Å². The molecule has 0 spiro atoms. The van der Waals surface area contributed by atoms with Gasteiger partial charge in [0.1, 0.15) is 0 Å². The van der Waals surface area contributed by atoms with Crippen molar-refractivity contribution in [2.75, 3.05) is 0 Å². The van der Waals surface area contributed by atoms with Gasteiger partial charge in [-0.1, -0.05) is 31.2 Å². The van der Waals surface area contributed by atoms with Crippen molar-refractivity contribution in [3.63, 3.8) is 0 Å². The fraction of sp³-hybridized carbons (Fsp3) is 0.278. The zero-order valence-corrected chi connectivity index (χ0v) is 14.3. The van der Waals surface area contributed by atoms with Crippen LogP contribution in [0, 0.1) is 20.8 Å². The molecule has 3 nitrogen and oxygen atoms in total. The lowest BCUT2D eigenvalue weighted by atomic mass is 9.93. The van der Waals surface area contributed by atoms with Crippen molar-refractivity contribution in [3.05, 3.63) is 64.2 Å². The van der Waals surface area contributed by atoms with E-state index in [1.165, 1.54) is 12.1 Å². The highest BCUT2D eigenvalue weighted by atomic mass is 31.2. The molecule has 0 aliphatic heterocycles. The fourth-order valence-electron chi connectivity index (χ4n) is 3.00. The van der Waals surface area contributed by atoms with E-state index < -0.39 is 12.9 Å². The third-order valence-electron chi connectivity index (χ3n) is 4.08. The summed E-state index contributed by atoms with van der Waals surface area (Å²) in [6.07, 6.45) is 0.791. The van der Waals surface area contributed by atoms with Crippen molar-refractivity contribution < 1.29 is 14.3 Å². The van der Waals surface area contributed by atoms with E-state index in [1.807, 2.05) is 33.8 Å². The second kappa shape index (κ2) is 6.20. The summed E-state index contributed by atoms with van der Waals surface area (Å²) in [6, 6.07) is 10.1. The summed E-state index contributed by atoms with van der Waals surface area (Å²) in [5.41, 5.74) is 3.46. The van der Waals surface area contributed by atoms with Gasteiger partial charge in [-0.15, -0.1) is 0 Å². The highest BCUT2D eigenvalue weighted by Crippen LogP contribution is 2.45. The van der Waals surface area contributed by atoms with Crippen LogP contribution in [0.25, 0.3) is 0 Å². The zero-order chi connectivity index (χ0) is 16.5. The summed E-state index contributed by atoms with van der Waals surface area (Å²) in [6.45, 7) is 7.70. The molecule has 0 fully saturated rings. The van der Waals surface area contributed by atoms with Gasteiger partial charge in [-0.3, -0.25) is 9.36 Å². The molecule has 2 rings (SSSR count). The molecular weight excluding hydrogens is 295 g/mol. The molecule has 2 aromatic carbocycles. The first-order chi connectivity index (χ1) is 10.3. The minimum Gasteiger partial charge on any atom is -0.336 e. The maximum atomic E-state index is 12.8. The van der Waals surface area contributed by atoms with Crippen molar-refractivity contribution in [1.82, 2.24) is 0 Å². The van der Waals surface area contributed by atoms with E-state index in [4.69, 9.17) is 0 Å². The van der Waals surface area contributed by atoms with Gasteiger partial charge in [0.2, 0.25) is 0 Å². The van der Waals surface area contributed by atoms with Crippen LogP contribution in [-0.2, 0) is 11.0 Å². The van der Waals surface area contributed by atoms with E-state index in [-0.39, 0.29) is 5.30 Å². The number of hydrogen-bond acceptors (Lipinski definition) is 2. The van der Waals surface area contributed by atoms with Crippen LogP contribution >= 0.6 is 7.37 Å². The lowest BCUT2D eigenvalue weighted by molar-refractivity contribution is 0.106. The molecule has 0 aliphatic carbocycles. The molecule has 4 heteroatoms. The Morgan fingerprint density at radius 2 is 1.68 bits per heavy atom. The van der Waals surface area contributed by atoms with E-state index in [2.05, 4.69) is 0 Å². The van der Waals surface area contributed by atoms with Crippen LogP contribution in [0.15, 0.2) is 36.4 Å². The first-order valence-corrected chi connectivity index (χ1v) is 8.99. The summed E-state index contributed by atoms with van der Waals surface area (Å²) < 4.78 is 12.7. The standard InChI is InChI=1S/C18H21O3P/c1-5-16-12(2)11-13(3)17(14(16)4)18(19)22(20,21)15-9-7-6-8-10-15/h6-11H,5H2,1-4H3,(H,20,21). The first-order valence-electron chi connectivity index (χ1n) is 7.33. The van der Waals surface area contributed by atoms with Gasteiger partial charge in [0.15, 0.2) is 0 Å².